The maximum atomic E-state index is 14.8. The van der Waals surface area contributed by atoms with Gasteiger partial charge < -0.3 is 20.3 Å². The van der Waals surface area contributed by atoms with Crippen LogP contribution in [0.4, 0.5) is 4.79 Å². The van der Waals surface area contributed by atoms with Crippen LogP contribution in [0.1, 0.15) is 82.7 Å². The monoisotopic (exact) mass is 609 g/mol. The first-order valence-corrected chi connectivity index (χ1v) is 15.6. The second-order valence-electron chi connectivity index (χ2n) is 12.8. The number of carbonyl (C=O) groups is 3. The zero-order valence-corrected chi connectivity index (χ0v) is 27.4. The maximum absolute atomic E-state index is 14.8. The van der Waals surface area contributed by atoms with Crippen molar-refractivity contribution in [2.45, 2.75) is 91.1 Å². The van der Waals surface area contributed by atoms with E-state index in [1.165, 1.54) is 0 Å². The second-order valence-corrected chi connectivity index (χ2v) is 12.8. The molecule has 0 saturated carbocycles. The molecule has 0 bridgehead atoms. The summed E-state index contributed by atoms with van der Waals surface area (Å²) < 4.78 is 5.56. The summed E-state index contributed by atoms with van der Waals surface area (Å²) in [7, 11) is 0. The van der Waals surface area contributed by atoms with E-state index in [0.29, 0.717) is 30.0 Å². The van der Waals surface area contributed by atoms with Crippen LogP contribution in [0, 0.1) is 18.3 Å². The number of alkyl carbamates (subject to hydrolysis) is 1. The predicted octanol–water partition coefficient (Wildman–Crippen LogP) is 6.81. The molecule has 0 fully saturated rings. The van der Waals surface area contributed by atoms with Gasteiger partial charge in [0.25, 0.3) is 0 Å². The van der Waals surface area contributed by atoms with E-state index in [0.717, 1.165) is 17.5 Å². The molecule has 0 spiro atoms. The third kappa shape index (κ3) is 11.1. The quantitative estimate of drug-likeness (QED) is 0.208. The van der Waals surface area contributed by atoms with Crippen molar-refractivity contribution in [3.05, 3.63) is 107 Å². The summed E-state index contributed by atoms with van der Waals surface area (Å²) in [5.74, 6) is 2.31. The Hall–Kier alpha value is -4.57. The zero-order valence-electron chi connectivity index (χ0n) is 27.4. The lowest BCUT2D eigenvalue weighted by atomic mass is 9.95. The minimum Gasteiger partial charge on any atom is -0.444 e. The molecule has 3 amide bonds. The molecule has 0 heterocycles. The van der Waals surface area contributed by atoms with Gasteiger partial charge in [-0.25, -0.2) is 4.79 Å². The molecule has 3 rings (SSSR count). The van der Waals surface area contributed by atoms with Gasteiger partial charge >= 0.3 is 6.09 Å². The Morgan fingerprint density at radius 1 is 0.844 bits per heavy atom. The van der Waals surface area contributed by atoms with E-state index in [2.05, 4.69) is 30.4 Å². The molecule has 45 heavy (non-hydrogen) atoms. The Kier molecular flexibility index (Phi) is 12.8. The molecule has 0 aliphatic carbocycles. The zero-order chi connectivity index (χ0) is 33.0. The van der Waals surface area contributed by atoms with Gasteiger partial charge in [0.15, 0.2) is 0 Å². The van der Waals surface area contributed by atoms with Gasteiger partial charge in [0.2, 0.25) is 11.8 Å². The third-order valence-electron chi connectivity index (χ3n) is 7.39. The Bertz CT molecular complexity index is 1420. The molecule has 0 radical (unpaired) electrons. The minimum absolute atomic E-state index is 0.223. The molecule has 7 heteroatoms. The van der Waals surface area contributed by atoms with Gasteiger partial charge in [-0.3, -0.25) is 9.59 Å². The predicted molar refractivity (Wildman–Crippen MR) is 179 cm³/mol. The van der Waals surface area contributed by atoms with Crippen LogP contribution in [0.5, 0.6) is 0 Å². The molecular formula is C38H47N3O4. The van der Waals surface area contributed by atoms with Crippen LogP contribution in [0.2, 0.25) is 0 Å². The topological polar surface area (TPSA) is 87.7 Å². The van der Waals surface area contributed by atoms with Gasteiger partial charge in [-0.2, -0.15) is 0 Å². The molecule has 2 N–H and O–H groups in total. The fourth-order valence-corrected chi connectivity index (χ4v) is 5.07. The maximum Gasteiger partial charge on any atom is 0.408 e. The molecule has 3 aromatic rings. The lowest BCUT2D eigenvalue weighted by Gasteiger charge is -2.39. The first-order chi connectivity index (χ1) is 21.4. The summed E-state index contributed by atoms with van der Waals surface area (Å²) in [6.07, 6.45) is 6.67. The smallest absolute Gasteiger partial charge is 0.408 e. The van der Waals surface area contributed by atoms with E-state index in [4.69, 9.17) is 11.2 Å². The van der Waals surface area contributed by atoms with Crippen molar-refractivity contribution < 1.29 is 19.1 Å². The minimum atomic E-state index is -0.988. The van der Waals surface area contributed by atoms with E-state index >= 15 is 0 Å². The molecule has 0 aliphatic rings. The van der Waals surface area contributed by atoms with Gasteiger partial charge in [0.05, 0.1) is 0 Å². The van der Waals surface area contributed by atoms with Crippen LogP contribution in [0.25, 0.3) is 0 Å². The van der Waals surface area contributed by atoms with Gasteiger partial charge in [-0.05, 0) is 75.3 Å². The Morgan fingerprint density at radius 2 is 1.42 bits per heavy atom. The fraction of sp³-hybridized carbons (Fsp3) is 0.395. The van der Waals surface area contributed by atoms with Crippen molar-refractivity contribution in [1.29, 1.82) is 0 Å². The normalized spacial score (nSPS) is 13.2. The number of carbonyl (C=O) groups excluding carboxylic acids is 3. The lowest BCUT2D eigenvalue weighted by Crippen LogP contribution is -2.56. The molecule has 0 aliphatic heterocycles. The van der Waals surface area contributed by atoms with Crippen molar-refractivity contribution in [1.82, 2.24) is 15.5 Å². The Balaban J connectivity index is 2.09. The summed E-state index contributed by atoms with van der Waals surface area (Å²) in [5, 5.41) is 5.89. The Labute approximate surface area is 268 Å². The average Bonchev–Trinajstić information content (AvgIpc) is 3.01. The highest BCUT2D eigenvalue weighted by Gasteiger charge is 2.39. The van der Waals surface area contributed by atoms with Crippen LogP contribution in [-0.2, 0) is 27.3 Å². The van der Waals surface area contributed by atoms with Crippen LogP contribution < -0.4 is 10.6 Å². The highest BCUT2D eigenvalue weighted by molar-refractivity contribution is 5.92. The van der Waals surface area contributed by atoms with Gasteiger partial charge in [-0.15, -0.1) is 6.42 Å². The SMILES string of the molecule is C#Cc1ccc(C(C(=O)NCc2ccccc2)N(C(=O)C(Cc2ccccc2)NC(=O)OC(C)(C)C)C(C)CCC(C)C)cc1. The van der Waals surface area contributed by atoms with Crippen molar-refractivity contribution in [3.8, 4) is 12.3 Å². The molecule has 0 aromatic heterocycles. The van der Waals surface area contributed by atoms with E-state index in [-0.39, 0.29) is 24.3 Å². The third-order valence-corrected chi connectivity index (χ3v) is 7.39. The van der Waals surface area contributed by atoms with Crippen LogP contribution >= 0.6 is 0 Å². The van der Waals surface area contributed by atoms with E-state index in [1.54, 1.807) is 49.9 Å². The summed E-state index contributed by atoms with van der Waals surface area (Å²) in [6.45, 7) is 11.8. The number of ether oxygens (including phenoxy) is 1. The molecular weight excluding hydrogens is 562 g/mol. The van der Waals surface area contributed by atoms with Crippen LogP contribution in [0.3, 0.4) is 0 Å². The number of rotatable bonds is 13. The summed E-state index contributed by atoms with van der Waals surface area (Å²) in [5.41, 5.74) is 2.34. The van der Waals surface area contributed by atoms with E-state index in [9.17, 15) is 14.4 Å². The van der Waals surface area contributed by atoms with Crippen molar-refractivity contribution >= 4 is 17.9 Å². The largest absolute Gasteiger partial charge is 0.444 e. The first-order valence-electron chi connectivity index (χ1n) is 15.6. The first kappa shape index (κ1) is 34.9. The van der Waals surface area contributed by atoms with E-state index in [1.807, 2.05) is 67.6 Å². The number of benzene rings is 3. The Morgan fingerprint density at radius 3 is 1.96 bits per heavy atom. The number of terminal acetylenes is 1. The molecule has 3 unspecified atom stereocenters. The molecule has 3 aromatic carbocycles. The standard InChI is InChI=1S/C38H47N3O4/c1-8-29-21-23-32(24-22-29)34(35(42)39-26-31-17-13-10-14-18-31)41(28(4)20-19-27(2)3)36(43)33(25-30-15-11-9-12-16-30)40-37(44)45-38(5,6)7/h1,9-18,21-24,27-28,33-34H,19-20,25-26H2,2-7H3,(H,39,42)(H,40,44). The van der Waals surface area contributed by atoms with Gasteiger partial charge in [0.1, 0.15) is 17.7 Å². The van der Waals surface area contributed by atoms with Gasteiger partial charge in [-0.1, -0.05) is 92.6 Å². The number of amides is 3. The number of hydrogen-bond donors (Lipinski definition) is 2. The number of nitrogens with zero attached hydrogens (tertiary/aromatic N) is 1. The van der Waals surface area contributed by atoms with Crippen molar-refractivity contribution in [2.24, 2.45) is 5.92 Å². The summed E-state index contributed by atoms with van der Waals surface area (Å²) in [6, 6.07) is 24.0. The van der Waals surface area contributed by atoms with Crippen LogP contribution in [0.15, 0.2) is 84.9 Å². The fourth-order valence-electron chi connectivity index (χ4n) is 5.07. The lowest BCUT2D eigenvalue weighted by molar-refractivity contribution is -0.145. The average molecular weight is 610 g/mol. The highest BCUT2D eigenvalue weighted by Crippen LogP contribution is 2.28. The molecule has 238 valence electrons. The van der Waals surface area contributed by atoms with Crippen LogP contribution in [-0.4, -0.2) is 40.5 Å². The molecule has 7 nitrogen and oxygen atoms in total. The number of nitrogens with one attached hydrogen (secondary N) is 2. The van der Waals surface area contributed by atoms with Gasteiger partial charge in [0, 0.05) is 24.6 Å². The van der Waals surface area contributed by atoms with E-state index < -0.39 is 23.8 Å². The second kappa shape index (κ2) is 16.5. The van der Waals surface area contributed by atoms with Crippen molar-refractivity contribution in [3.63, 3.8) is 0 Å². The highest BCUT2D eigenvalue weighted by atomic mass is 16.6. The summed E-state index contributed by atoms with van der Waals surface area (Å²) in [4.78, 5) is 43.7. The van der Waals surface area contributed by atoms with Crippen molar-refractivity contribution in [2.75, 3.05) is 0 Å². The summed E-state index contributed by atoms with van der Waals surface area (Å²) >= 11 is 0. The molecule has 0 saturated heterocycles. The molecule has 3 atom stereocenters. The number of hydrogen-bond acceptors (Lipinski definition) is 4.